The van der Waals surface area contributed by atoms with E-state index in [0.29, 0.717) is 13.0 Å². The van der Waals surface area contributed by atoms with Crippen LogP contribution in [0.25, 0.3) is 0 Å². The van der Waals surface area contributed by atoms with Crippen LogP contribution in [0.15, 0.2) is 0 Å². The van der Waals surface area contributed by atoms with Gasteiger partial charge in [-0.05, 0) is 26.2 Å². The van der Waals surface area contributed by atoms with Gasteiger partial charge in [0.1, 0.15) is 9.84 Å². The van der Waals surface area contributed by atoms with Gasteiger partial charge in [-0.25, -0.2) is 8.42 Å². The third-order valence-corrected chi connectivity index (χ3v) is 6.43. The van der Waals surface area contributed by atoms with Crippen molar-refractivity contribution >= 4 is 20.6 Å². The highest BCUT2D eigenvalue weighted by Gasteiger charge is 2.28. The summed E-state index contributed by atoms with van der Waals surface area (Å²) >= 11 is 0. The molecule has 0 spiro atoms. The minimum atomic E-state index is -2.91. The smallest absolute Gasteiger partial charge is 0.150 e. The summed E-state index contributed by atoms with van der Waals surface area (Å²) in [5, 5.41) is 3.27. The minimum absolute atomic E-state index is 0.119. The van der Waals surface area contributed by atoms with Gasteiger partial charge in [0.15, 0.2) is 0 Å². The average Bonchev–Trinajstić information content (AvgIpc) is 2.25. The van der Waals surface area contributed by atoms with E-state index in [1.165, 1.54) is 6.26 Å². The summed E-state index contributed by atoms with van der Waals surface area (Å²) in [6, 6.07) is 0.259. The molecule has 0 saturated heterocycles. The van der Waals surface area contributed by atoms with Gasteiger partial charge in [0.25, 0.3) is 0 Å². The summed E-state index contributed by atoms with van der Waals surface area (Å²) < 4.78 is 34.2. The molecule has 1 saturated carbocycles. The molecule has 1 N–H and O–H groups in total. The fourth-order valence-corrected chi connectivity index (χ4v) is 3.68. The molecule has 1 aliphatic carbocycles. The zero-order valence-corrected chi connectivity index (χ0v) is 12.4. The first kappa shape index (κ1) is 15.1. The summed E-state index contributed by atoms with van der Waals surface area (Å²) in [4.78, 5) is 0. The van der Waals surface area contributed by atoms with Crippen LogP contribution in [0.5, 0.6) is 0 Å². The predicted molar refractivity (Wildman–Crippen MR) is 72.4 cm³/mol. The Labute approximate surface area is 107 Å². The number of rotatable bonds is 5. The Morgan fingerprint density at radius 2 is 2.06 bits per heavy atom. The van der Waals surface area contributed by atoms with Crippen molar-refractivity contribution in [1.29, 1.82) is 0 Å². The second-order valence-electron chi connectivity index (χ2n) is 5.03. The van der Waals surface area contributed by atoms with E-state index in [1.807, 2.05) is 6.92 Å². The quantitative estimate of drug-likeness (QED) is 0.806. The van der Waals surface area contributed by atoms with E-state index in [9.17, 15) is 12.6 Å². The molecule has 4 unspecified atom stereocenters. The van der Waals surface area contributed by atoms with E-state index in [1.54, 1.807) is 6.26 Å². The minimum Gasteiger partial charge on any atom is -0.313 e. The van der Waals surface area contributed by atoms with Crippen LogP contribution in [0.2, 0.25) is 0 Å². The van der Waals surface area contributed by atoms with Crippen LogP contribution in [0.3, 0.4) is 0 Å². The lowest BCUT2D eigenvalue weighted by Crippen LogP contribution is -2.41. The molecular weight excluding hydrogens is 258 g/mol. The van der Waals surface area contributed by atoms with Crippen LogP contribution in [0.1, 0.15) is 32.6 Å². The van der Waals surface area contributed by atoms with Crippen molar-refractivity contribution in [2.45, 2.75) is 49.1 Å². The topological polar surface area (TPSA) is 63.2 Å². The van der Waals surface area contributed by atoms with E-state index in [0.717, 1.165) is 19.3 Å². The maximum Gasteiger partial charge on any atom is 0.150 e. The molecule has 6 heteroatoms. The number of sulfone groups is 1. The van der Waals surface area contributed by atoms with Gasteiger partial charge >= 0.3 is 0 Å². The van der Waals surface area contributed by atoms with Gasteiger partial charge in [-0.3, -0.25) is 4.21 Å². The largest absolute Gasteiger partial charge is 0.313 e. The molecule has 0 radical (unpaired) electrons. The SMILES string of the molecule is CC(CNC1CCCC(S(C)(=O)=O)C1)S(C)=O. The second-order valence-corrected chi connectivity index (χ2v) is 9.16. The molecule has 0 heterocycles. The first-order valence-electron chi connectivity index (χ1n) is 6.05. The maximum absolute atomic E-state index is 11.5. The first-order valence-corrected chi connectivity index (χ1v) is 9.62. The Bertz CT molecular complexity index is 367. The fourth-order valence-electron chi connectivity index (χ4n) is 2.17. The van der Waals surface area contributed by atoms with Crippen LogP contribution < -0.4 is 5.32 Å². The van der Waals surface area contributed by atoms with Crippen LogP contribution in [0.4, 0.5) is 0 Å². The number of hydrogen-bond acceptors (Lipinski definition) is 4. The molecule has 0 aromatic heterocycles. The summed E-state index contributed by atoms with van der Waals surface area (Å²) in [6.07, 6.45) is 6.48. The first-order chi connectivity index (χ1) is 7.80. The molecule has 0 aromatic carbocycles. The van der Waals surface area contributed by atoms with Crippen molar-refractivity contribution in [2.24, 2.45) is 0 Å². The summed E-state index contributed by atoms with van der Waals surface area (Å²) in [7, 11) is -3.73. The van der Waals surface area contributed by atoms with Crippen molar-refractivity contribution in [2.75, 3.05) is 19.1 Å². The van der Waals surface area contributed by atoms with Gasteiger partial charge in [-0.1, -0.05) is 6.42 Å². The molecular formula is C11H23NO3S2. The third kappa shape index (κ3) is 5.06. The normalized spacial score (nSPS) is 29.8. The van der Waals surface area contributed by atoms with E-state index >= 15 is 0 Å². The highest BCUT2D eigenvalue weighted by atomic mass is 32.2. The Morgan fingerprint density at radius 3 is 2.59 bits per heavy atom. The lowest BCUT2D eigenvalue weighted by atomic mass is 9.95. The Balaban J connectivity index is 2.43. The lowest BCUT2D eigenvalue weighted by molar-refractivity contribution is 0.373. The van der Waals surface area contributed by atoms with Crippen molar-refractivity contribution in [1.82, 2.24) is 5.32 Å². The molecule has 0 bridgehead atoms. The highest BCUT2D eigenvalue weighted by Crippen LogP contribution is 2.23. The van der Waals surface area contributed by atoms with E-state index in [-0.39, 0.29) is 16.5 Å². The standard InChI is InChI=1S/C11H23NO3S2/c1-9(16(2)13)8-12-10-5-4-6-11(7-10)17(3,14)15/h9-12H,4-8H2,1-3H3. The lowest BCUT2D eigenvalue weighted by Gasteiger charge is -2.29. The maximum atomic E-state index is 11.5. The van der Waals surface area contributed by atoms with Gasteiger partial charge < -0.3 is 5.32 Å². The summed E-state index contributed by atoms with van der Waals surface area (Å²) in [6.45, 7) is 2.64. The molecule has 1 aliphatic rings. The molecule has 0 amide bonds. The third-order valence-electron chi connectivity index (χ3n) is 3.49. The predicted octanol–water partition coefficient (Wildman–Crippen LogP) is 0.699. The van der Waals surface area contributed by atoms with Crippen LogP contribution in [-0.2, 0) is 20.6 Å². The van der Waals surface area contributed by atoms with E-state index < -0.39 is 20.6 Å². The molecule has 1 fully saturated rings. The van der Waals surface area contributed by atoms with Gasteiger partial charge in [0.2, 0.25) is 0 Å². The monoisotopic (exact) mass is 281 g/mol. The van der Waals surface area contributed by atoms with Gasteiger partial charge in [-0.15, -0.1) is 0 Å². The Morgan fingerprint density at radius 1 is 1.41 bits per heavy atom. The zero-order chi connectivity index (χ0) is 13.1. The van der Waals surface area contributed by atoms with Gasteiger partial charge in [0, 0.05) is 41.1 Å². The molecule has 1 rings (SSSR count). The second kappa shape index (κ2) is 6.29. The zero-order valence-electron chi connectivity index (χ0n) is 10.8. The Kier molecular flexibility index (Phi) is 5.60. The van der Waals surface area contributed by atoms with Gasteiger partial charge in [0.05, 0.1) is 5.25 Å². The molecule has 4 nitrogen and oxygen atoms in total. The van der Waals surface area contributed by atoms with Crippen LogP contribution in [0, 0.1) is 0 Å². The molecule has 4 atom stereocenters. The Hall–Kier alpha value is 0.0600. The van der Waals surface area contributed by atoms with Gasteiger partial charge in [-0.2, -0.15) is 0 Å². The van der Waals surface area contributed by atoms with Crippen molar-refractivity contribution < 1.29 is 12.6 Å². The van der Waals surface area contributed by atoms with Crippen LogP contribution >= 0.6 is 0 Å². The highest BCUT2D eigenvalue weighted by molar-refractivity contribution is 7.91. The fraction of sp³-hybridized carbons (Fsp3) is 1.00. The van der Waals surface area contributed by atoms with E-state index in [4.69, 9.17) is 0 Å². The average molecular weight is 281 g/mol. The van der Waals surface area contributed by atoms with E-state index in [2.05, 4.69) is 5.32 Å². The summed E-state index contributed by atoms with van der Waals surface area (Å²) in [5.41, 5.74) is 0. The van der Waals surface area contributed by atoms with Crippen molar-refractivity contribution in [3.05, 3.63) is 0 Å². The molecule has 17 heavy (non-hydrogen) atoms. The molecule has 102 valence electrons. The molecule has 0 aliphatic heterocycles. The van der Waals surface area contributed by atoms with Crippen molar-refractivity contribution in [3.8, 4) is 0 Å². The number of hydrogen-bond donors (Lipinski definition) is 1. The number of nitrogens with one attached hydrogen (secondary N) is 1. The molecule has 0 aromatic rings. The van der Waals surface area contributed by atoms with Crippen molar-refractivity contribution in [3.63, 3.8) is 0 Å². The summed E-state index contributed by atoms with van der Waals surface area (Å²) in [5.74, 6) is 0. The van der Waals surface area contributed by atoms with Crippen LogP contribution in [-0.4, -0.2) is 48.2 Å².